The molecule has 0 aliphatic rings. The van der Waals surface area contributed by atoms with Gasteiger partial charge in [0.1, 0.15) is 5.75 Å². The van der Waals surface area contributed by atoms with Gasteiger partial charge in [-0.15, -0.1) is 0 Å². The maximum absolute atomic E-state index is 13.2. The summed E-state index contributed by atoms with van der Waals surface area (Å²) >= 11 is 0. The second-order valence-electron chi connectivity index (χ2n) is 6.74. The second-order valence-corrected chi connectivity index (χ2v) is 6.74. The van der Waals surface area contributed by atoms with Crippen LogP contribution in [0.5, 0.6) is 5.75 Å². The summed E-state index contributed by atoms with van der Waals surface area (Å²) in [6.07, 6.45) is -5.70. The van der Waals surface area contributed by atoms with Gasteiger partial charge in [-0.1, -0.05) is 30.3 Å². The summed E-state index contributed by atoms with van der Waals surface area (Å²) in [6.45, 7) is -0.250. The molecule has 3 aromatic carbocycles. The number of ether oxygens (including phenoxy) is 1. The quantitative estimate of drug-likeness (QED) is 0.404. The number of hydrogen-bond donors (Lipinski definition) is 0. The highest BCUT2D eigenvalue weighted by Crippen LogP contribution is 2.32. The number of non-ortho nitro benzene ring substituents is 1. The van der Waals surface area contributed by atoms with E-state index in [1.54, 1.807) is 0 Å². The molecule has 3 rings (SSSR count). The fraction of sp³-hybridized carbons (Fsp3) is 0.0909. The van der Waals surface area contributed by atoms with Crippen molar-refractivity contribution < 1.29 is 37.5 Å². The zero-order valence-corrected chi connectivity index (χ0v) is 16.6. The van der Waals surface area contributed by atoms with E-state index < -0.39 is 28.7 Å². The second kappa shape index (κ2) is 9.39. The molecule has 0 unspecified atom stereocenters. The van der Waals surface area contributed by atoms with Crippen molar-refractivity contribution in [3.8, 4) is 5.75 Å². The maximum atomic E-state index is 13.2. The van der Waals surface area contributed by atoms with Gasteiger partial charge in [-0.2, -0.15) is 13.2 Å². The minimum atomic E-state index is -4.65. The molecule has 11 heteroatoms. The van der Waals surface area contributed by atoms with Crippen LogP contribution in [0.4, 0.5) is 29.3 Å². The van der Waals surface area contributed by atoms with Crippen molar-refractivity contribution in [1.82, 2.24) is 0 Å². The first kappa shape index (κ1) is 23.3. The molecule has 0 fully saturated rings. The Morgan fingerprint density at radius 1 is 0.970 bits per heavy atom. The highest BCUT2D eigenvalue weighted by Gasteiger charge is 2.31. The first-order valence-corrected chi connectivity index (χ1v) is 9.26. The average molecular weight is 459 g/mol. The fourth-order valence-electron chi connectivity index (χ4n) is 2.83. The standard InChI is InChI=1S/C22H15F3N2O6/c23-22(24,25)16-2-1-3-18(12-16)26(13-14-4-6-15(7-5-14)20(28)29)21(30)33-19-10-8-17(9-11-19)27(31)32/h1-12H,13H2,(H,28,29)/p-1. The first-order valence-electron chi connectivity index (χ1n) is 9.26. The lowest BCUT2D eigenvalue weighted by Crippen LogP contribution is -2.33. The van der Waals surface area contributed by atoms with E-state index in [9.17, 15) is 38.0 Å². The van der Waals surface area contributed by atoms with Crippen LogP contribution in [0.25, 0.3) is 0 Å². The molecule has 0 atom stereocenters. The number of carboxylic acids is 1. The monoisotopic (exact) mass is 459 g/mol. The number of alkyl halides is 3. The summed E-state index contributed by atoms with van der Waals surface area (Å²) in [5, 5.41) is 21.7. The van der Waals surface area contributed by atoms with Crippen molar-refractivity contribution >= 4 is 23.4 Å². The Kier molecular flexibility index (Phi) is 6.61. The third-order valence-electron chi connectivity index (χ3n) is 4.49. The Labute approximate surface area is 184 Å². The summed E-state index contributed by atoms with van der Waals surface area (Å²) < 4.78 is 44.7. The van der Waals surface area contributed by atoms with Gasteiger partial charge in [0.05, 0.1) is 23.0 Å². The molecule has 0 bridgehead atoms. The van der Waals surface area contributed by atoms with Gasteiger partial charge in [-0.05, 0) is 41.5 Å². The molecular formula is C22H14F3N2O6-. The summed E-state index contributed by atoms with van der Waals surface area (Å²) in [5.41, 5.74) is -1.06. The van der Waals surface area contributed by atoms with Crippen LogP contribution in [0.1, 0.15) is 21.5 Å². The van der Waals surface area contributed by atoms with Crippen molar-refractivity contribution in [2.75, 3.05) is 4.90 Å². The summed E-state index contributed by atoms with van der Waals surface area (Å²) in [4.78, 5) is 34.8. The van der Waals surface area contributed by atoms with Crippen LogP contribution in [-0.4, -0.2) is 17.0 Å². The van der Waals surface area contributed by atoms with E-state index in [2.05, 4.69) is 0 Å². The molecule has 0 radical (unpaired) electrons. The molecule has 0 aliphatic heterocycles. The van der Waals surface area contributed by atoms with E-state index in [0.29, 0.717) is 5.56 Å². The smallest absolute Gasteiger partial charge is 0.420 e. The number of halogens is 3. The molecule has 3 aromatic rings. The Morgan fingerprint density at radius 2 is 1.61 bits per heavy atom. The van der Waals surface area contributed by atoms with Crippen molar-refractivity contribution in [3.05, 3.63) is 99.6 Å². The zero-order chi connectivity index (χ0) is 24.2. The highest BCUT2D eigenvalue weighted by atomic mass is 19.4. The molecule has 0 aromatic heterocycles. The predicted octanol–water partition coefficient (Wildman–Crippen LogP) is 4.18. The molecule has 33 heavy (non-hydrogen) atoms. The van der Waals surface area contributed by atoms with Crippen LogP contribution in [0.2, 0.25) is 0 Å². The molecule has 0 heterocycles. The lowest BCUT2D eigenvalue weighted by atomic mass is 10.1. The highest BCUT2D eigenvalue weighted by molar-refractivity contribution is 5.89. The molecule has 0 saturated carbocycles. The number of amides is 1. The number of nitro groups is 1. The Balaban J connectivity index is 1.92. The summed E-state index contributed by atoms with van der Waals surface area (Å²) in [7, 11) is 0. The molecule has 170 valence electrons. The Hall–Kier alpha value is -4.41. The Morgan fingerprint density at radius 3 is 2.15 bits per heavy atom. The Bertz CT molecular complexity index is 1180. The van der Waals surface area contributed by atoms with E-state index in [0.717, 1.165) is 35.2 Å². The van der Waals surface area contributed by atoms with E-state index >= 15 is 0 Å². The van der Waals surface area contributed by atoms with Gasteiger partial charge in [0, 0.05) is 17.8 Å². The number of carboxylic acid groups (broad SMARTS) is 1. The van der Waals surface area contributed by atoms with Crippen molar-refractivity contribution in [2.24, 2.45) is 0 Å². The van der Waals surface area contributed by atoms with Crippen LogP contribution in [-0.2, 0) is 12.7 Å². The van der Waals surface area contributed by atoms with Gasteiger partial charge in [0.2, 0.25) is 0 Å². The average Bonchev–Trinajstić information content (AvgIpc) is 2.77. The third kappa shape index (κ3) is 5.85. The summed E-state index contributed by atoms with van der Waals surface area (Å²) in [5.74, 6) is -1.47. The van der Waals surface area contributed by atoms with Crippen molar-refractivity contribution in [2.45, 2.75) is 12.7 Å². The minimum absolute atomic E-state index is 0.0603. The normalized spacial score (nSPS) is 11.0. The van der Waals surface area contributed by atoms with Crippen LogP contribution in [0, 0.1) is 10.1 Å². The third-order valence-corrected chi connectivity index (χ3v) is 4.49. The predicted molar refractivity (Wildman–Crippen MR) is 108 cm³/mol. The molecular weight excluding hydrogens is 445 g/mol. The number of anilines is 1. The molecule has 8 nitrogen and oxygen atoms in total. The fourth-order valence-corrected chi connectivity index (χ4v) is 2.83. The van der Waals surface area contributed by atoms with E-state index in [-0.39, 0.29) is 29.2 Å². The SMILES string of the molecule is O=C([O-])c1ccc(CN(C(=O)Oc2ccc([N+](=O)[O-])cc2)c2cccc(C(F)(F)F)c2)cc1. The van der Waals surface area contributed by atoms with Gasteiger partial charge in [0.15, 0.2) is 0 Å². The van der Waals surface area contributed by atoms with Gasteiger partial charge < -0.3 is 14.6 Å². The lowest BCUT2D eigenvalue weighted by Gasteiger charge is -2.23. The number of carbonyl (C=O) groups excluding carboxylic acids is 2. The number of hydrogen-bond acceptors (Lipinski definition) is 6. The molecule has 0 spiro atoms. The van der Waals surface area contributed by atoms with Gasteiger partial charge in [-0.3, -0.25) is 15.0 Å². The maximum Gasteiger partial charge on any atom is 0.420 e. The van der Waals surface area contributed by atoms with Gasteiger partial charge in [-0.25, -0.2) is 4.79 Å². The first-order chi connectivity index (χ1) is 15.5. The number of aromatic carboxylic acids is 1. The minimum Gasteiger partial charge on any atom is -0.545 e. The van der Waals surface area contributed by atoms with Crippen LogP contribution in [0.3, 0.4) is 0 Å². The zero-order valence-electron chi connectivity index (χ0n) is 16.6. The van der Waals surface area contributed by atoms with E-state index in [1.807, 2.05) is 0 Å². The number of nitro benzene ring substituents is 1. The van der Waals surface area contributed by atoms with Crippen LogP contribution < -0.4 is 14.7 Å². The number of rotatable bonds is 6. The molecule has 0 saturated heterocycles. The van der Waals surface area contributed by atoms with Crippen LogP contribution in [0.15, 0.2) is 72.8 Å². The lowest BCUT2D eigenvalue weighted by molar-refractivity contribution is -0.384. The van der Waals surface area contributed by atoms with Crippen LogP contribution >= 0.6 is 0 Å². The van der Waals surface area contributed by atoms with E-state index in [1.165, 1.54) is 42.5 Å². The van der Waals surface area contributed by atoms with Gasteiger partial charge >= 0.3 is 12.3 Å². The van der Waals surface area contributed by atoms with Crippen molar-refractivity contribution in [3.63, 3.8) is 0 Å². The van der Waals surface area contributed by atoms with E-state index in [4.69, 9.17) is 4.74 Å². The number of benzene rings is 3. The largest absolute Gasteiger partial charge is 0.545 e. The van der Waals surface area contributed by atoms with Crippen molar-refractivity contribution in [1.29, 1.82) is 0 Å². The van der Waals surface area contributed by atoms with Gasteiger partial charge in [0.25, 0.3) is 5.69 Å². The topological polar surface area (TPSA) is 113 Å². The molecule has 0 aliphatic carbocycles. The molecule has 1 amide bonds. The number of nitrogens with zero attached hydrogens (tertiary/aromatic N) is 2. The summed E-state index contributed by atoms with van der Waals surface area (Å²) in [6, 6.07) is 13.8. The molecule has 0 N–H and O–H groups in total. The number of carbonyl (C=O) groups is 2.